The van der Waals surface area contributed by atoms with Gasteiger partial charge in [-0.15, -0.1) is 11.8 Å². The molecule has 0 atom stereocenters. The summed E-state index contributed by atoms with van der Waals surface area (Å²) in [6.07, 6.45) is 4.94. The third-order valence-corrected chi connectivity index (χ3v) is 3.73. The smallest absolute Gasteiger partial charge is 0.231 e. The molecule has 0 aromatic heterocycles. The van der Waals surface area contributed by atoms with Crippen LogP contribution in [0.5, 0.6) is 0 Å². The van der Waals surface area contributed by atoms with Crippen LogP contribution in [0.15, 0.2) is 0 Å². The topological polar surface area (TPSA) is 29.1 Å². The number of nitrogens with one attached hydrogen (secondary N) is 1. The monoisotopic (exact) mass is 157 g/mol. The van der Waals surface area contributed by atoms with E-state index in [1.807, 2.05) is 0 Å². The summed E-state index contributed by atoms with van der Waals surface area (Å²) in [7, 11) is 0. The van der Waals surface area contributed by atoms with Crippen molar-refractivity contribution >= 4 is 17.7 Å². The summed E-state index contributed by atoms with van der Waals surface area (Å²) in [6.45, 7) is 0. The van der Waals surface area contributed by atoms with Crippen LogP contribution in [-0.4, -0.2) is 16.5 Å². The molecule has 3 heteroatoms. The van der Waals surface area contributed by atoms with Crippen LogP contribution in [0.4, 0.5) is 0 Å². The third-order valence-electron chi connectivity index (χ3n) is 2.26. The average Bonchev–Trinajstić information content (AvgIpc) is 2.46. The SMILES string of the molecule is O=C1CSC2(CCCC2)N1. The number of hydrogen-bond acceptors (Lipinski definition) is 2. The fourth-order valence-corrected chi connectivity index (χ4v) is 2.99. The van der Waals surface area contributed by atoms with Gasteiger partial charge in [0.2, 0.25) is 5.91 Å². The molecule has 0 unspecified atom stereocenters. The molecule has 1 aliphatic heterocycles. The summed E-state index contributed by atoms with van der Waals surface area (Å²) >= 11 is 1.80. The fraction of sp³-hybridized carbons (Fsp3) is 0.857. The molecule has 0 radical (unpaired) electrons. The minimum atomic E-state index is 0.178. The van der Waals surface area contributed by atoms with Gasteiger partial charge < -0.3 is 5.32 Å². The number of carbonyl (C=O) groups is 1. The van der Waals surface area contributed by atoms with Gasteiger partial charge in [-0.3, -0.25) is 4.79 Å². The van der Waals surface area contributed by atoms with Gasteiger partial charge >= 0.3 is 0 Å². The number of rotatable bonds is 0. The maximum absolute atomic E-state index is 10.9. The number of carbonyl (C=O) groups excluding carboxylic acids is 1. The number of thioether (sulfide) groups is 1. The van der Waals surface area contributed by atoms with Crippen molar-refractivity contribution < 1.29 is 4.79 Å². The summed E-state index contributed by atoms with van der Waals surface area (Å²) in [6, 6.07) is 0. The highest BCUT2D eigenvalue weighted by Crippen LogP contribution is 2.41. The highest BCUT2D eigenvalue weighted by atomic mass is 32.2. The first-order valence-electron chi connectivity index (χ1n) is 3.76. The van der Waals surface area contributed by atoms with E-state index < -0.39 is 0 Å². The first-order chi connectivity index (χ1) is 4.81. The lowest BCUT2D eigenvalue weighted by atomic mass is 10.2. The van der Waals surface area contributed by atoms with E-state index in [0.29, 0.717) is 5.75 Å². The van der Waals surface area contributed by atoms with Crippen LogP contribution in [0.2, 0.25) is 0 Å². The average molecular weight is 157 g/mol. The zero-order valence-corrected chi connectivity index (χ0v) is 6.67. The molecule has 1 saturated carbocycles. The summed E-state index contributed by atoms with van der Waals surface area (Å²) in [5.74, 6) is 0.909. The van der Waals surface area contributed by atoms with Crippen LogP contribution in [-0.2, 0) is 4.79 Å². The van der Waals surface area contributed by atoms with Crippen LogP contribution < -0.4 is 5.32 Å². The van der Waals surface area contributed by atoms with Crippen molar-refractivity contribution in [1.82, 2.24) is 5.32 Å². The molecule has 1 N–H and O–H groups in total. The van der Waals surface area contributed by atoms with Crippen molar-refractivity contribution in [3.8, 4) is 0 Å². The molecular formula is C7H11NOS. The minimum Gasteiger partial charge on any atom is -0.341 e. The Morgan fingerprint density at radius 2 is 2.10 bits per heavy atom. The number of amides is 1. The van der Waals surface area contributed by atoms with Gasteiger partial charge in [0.15, 0.2) is 0 Å². The van der Waals surface area contributed by atoms with Crippen LogP contribution in [0.3, 0.4) is 0 Å². The molecule has 2 nitrogen and oxygen atoms in total. The molecule has 1 amide bonds. The maximum atomic E-state index is 10.9. The molecule has 56 valence electrons. The van der Waals surface area contributed by atoms with Crippen LogP contribution in [0.25, 0.3) is 0 Å². The molecule has 1 saturated heterocycles. The second-order valence-electron chi connectivity index (χ2n) is 3.04. The number of hydrogen-bond donors (Lipinski definition) is 1. The zero-order valence-electron chi connectivity index (χ0n) is 5.85. The van der Waals surface area contributed by atoms with Crippen molar-refractivity contribution in [2.45, 2.75) is 30.6 Å². The Bertz CT molecular complexity index is 163. The van der Waals surface area contributed by atoms with E-state index in [1.54, 1.807) is 11.8 Å². The lowest BCUT2D eigenvalue weighted by molar-refractivity contribution is -0.118. The Morgan fingerprint density at radius 3 is 2.60 bits per heavy atom. The summed E-state index contributed by atoms with van der Waals surface area (Å²) < 4.78 is 0. The zero-order chi connectivity index (χ0) is 7.03. The van der Waals surface area contributed by atoms with E-state index in [2.05, 4.69) is 5.32 Å². The standard InChI is InChI=1S/C7H11NOS/c9-6-5-10-7(8-6)3-1-2-4-7/h1-5H2,(H,8,9). The van der Waals surface area contributed by atoms with E-state index in [-0.39, 0.29) is 10.8 Å². The lowest BCUT2D eigenvalue weighted by Gasteiger charge is -2.20. The van der Waals surface area contributed by atoms with Crippen molar-refractivity contribution in [3.63, 3.8) is 0 Å². The van der Waals surface area contributed by atoms with Gasteiger partial charge in [0.05, 0.1) is 10.6 Å². The second-order valence-corrected chi connectivity index (χ2v) is 4.40. The molecule has 10 heavy (non-hydrogen) atoms. The van der Waals surface area contributed by atoms with E-state index in [0.717, 1.165) is 0 Å². The van der Waals surface area contributed by atoms with Gasteiger partial charge in [0.1, 0.15) is 0 Å². The Hall–Kier alpha value is -0.180. The molecule has 0 aromatic rings. The summed E-state index contributed by atoms with van der Waals surface area (Å²) in [5.41, 5.74) is 0. The molecule has 2 rings (SSSR count). The first kappa shape index (κ1) is 6.53. The van der Waals surface area contributed by atoms with Gasteiger partial charge in [-0.25, -0.2) is 0 Å². The molecular weight excluding hydrogens is 146 g/mol. The van der Waals surface area contributed by atoms with Crippen molar-refractivity contribution in [3.05, 3.63) is 0 Å². The Balaban J connectivity index is 2.09. The Morgan fingerprint density at radius 1 is 1.40 bits per heavy atom. The van der Waals surface area contributed by atoms with E-state index in [9.17, 15) is 4.79 Å². The second kappa shape index (κ2) is 2.16. The largest absolute Gasteiger partial charge is 0.341 e. The van der Waals surface area contributed by atoms with E-state index >= 15 is 0 Å². The van der Waals surface area contributed by atoms with Gasteiger partial charge in [0, 0.05) is 0 Å². The maximum Gasteiger partial charge on any atom is 0.231 e. The predicted molar refractivity (Wildman–Crippen MR) is 41.8 cm³/mol. The molecule has 0 bridgehead atoms. The lowest BCUT2D eigenvalue weighted by Crippen LogP contribution is -2.36. The van der Waals surface area contributed by atoms with Crippen molar-refractivity contribution in [2.75, 3.05) is 5.75 Å². The van der Waals surface area contributed by atoms with Crippen LogP contribution in [0.1, 0.15) is 25.7 Å². The Kier molecular flexibility index (Phi) is 1.41. The van der Waals surface area contributed by atoms with Crippen LogP contribution in [0, 0.1) is 0 Å². The summed E-state index contributed by atoms with van der Waals surface area (Å²) in [4.78, 5) is 11.0. The molecule has 1 heterocycles. The summed E-state index contributed by atoms with van der Waals surface area (Å²) in [5, 5.41) is 3.05. The Labute approximate surface area is 64.8 Å². The molecule has 1 spiro atoms. The molecule has 0 aromatic carbocycles. The molecule has 2 fully saturated rings. The quantitative estimate of drug-likeness (QED) is 0.571. The highest BCUT2D eigenvalue weighted by molar-refractivity contribution is 8.01. The van der Waals surface area contributed by atoms with Gasteiger partial charge in [-0.05, 0) is 12.8 Å². The van der Waals surface area contributed by atoms with Gasteiger partial charge in [-0.1, -0.05) is 12.8 Å². The van der Waals surface area contributed by atoms with E-state index in [1.165, 1.54) is 25.7 Å². The first-order valence-corrected chi connectivity index (χ1v) is 4.74. The van der Waals surface area contributed by atoms with Gasteiger partial charge in [-0.2, -0.15) is 0 Å². The van der Waals surface area contributed by atoms with E-state index in [4.69, 9.17) is 0 Å². The highest BCUT2D eigenvalue weighted by Gasteiger charge is 2.40. The predicted octanol–water partition coefficient (Wildman–Crippen LogP) is 1.12. The fourth-order valence-electron chi connectivity index (χ4n) is 1.75. The van der Waals surface area contributed by atoms with Crippen LogP contribution >= 0.6 is 11.8 Å². The van der Waals surface area contributed by atoms with Crippen molar-refractivity contribution in [1.29, 1.82) is 0 Å². The third kappa shape index (κ3) is 0.926. The molecule has 1 aliphatic carbocycles. The minimum absolute atomic E-state index is 0.178. The van der Waals surface area contributed by atoms with Gasteiger partial charge in [0.25, 0.3) is 0 Å². The molecule has 2 aliphatic rings. The normalized spacial score (nSPS) is 29.4. The van der Waals surface area contributed by atoms with Crippen molar-refractivity contribution in [2.24, 2.45) is 0 Å².